The van der Waals surface area contributed by atoms with Gasteiger partial charge in [-0.15, -0.1) is 0 Å². The lowest BCUT2D eigenvalue weighted by molar-refractivity contribution is -0.901. The number of nitrogens with two attached hydrogens (primary N) is 1. The molecule has 1 heterocycles. The van der Waals surface area contributed by atoms with Crippen LogP contribution in [-0.2, 0) is 17.9 Å². The SMILES string of the molecule is Cc1ccc(C)c(NC(=O)[C@@H]([NH2+]Cc2ccccc2C[NH+]2CCCC2)c2ccccc2)c1. The summed E-state index contributed by atoms with van der Waals surface area (Å²) in [5.41, 5.74) is 6.87. The summed E-state index contributed by atoms with van der Waals surface area (Å²) in [6.07, 6.45) is 2.66. The van der Waals surface area contributed by atoms with Gasteiger partial charge >= 0.3 is 0 Å². The van der Waals surface area contributed by atoms with E-state index in [-0.39, 0.29) is 11.9 Å². The van der Waals surface area contributed by atoms with E-state index in [0.29, 0.717) is 0 Å². The number of rotatable bonds is 8. The van der Waals surface area contributed by atoms with Gasteiger partial charge in [0, 0.05) is 35.2 Å². The van der Waals surface area contributed by atoms with Crippen LogP contribution in [0, 0.1) is 13.8 Å². The summed E-state index contributed by atoms with van der Waals surface area (Å²) in [4.78, 5) is 15.1. The number of carbonyl (C=O) groups is 1. The van der Waals surface area contributed by atoms with Crippen molar-refractivity contribution in [3.63, 3.8) is 0 Å². The fourth-order valence-corrected chi connectivity index (χ4v) is 4.63. The van der Waals surface area contributed by atoms with Crippen molar-refractivity contribution >= 4 is 11.6 Å². The van der Waals surface area contributed by atoms with Crippen LogP contribution in [0.15, 0.2) is 72.8 Å². The van der Waals surface area contributed by atoms with Gasteiger partial charge in [-0.2, -0.15) is 0 Å². The van der Waals surface area contributed by atoms with E-state index in [0.717, 1.165) is 35.5 Å². The van der Waals surface area contributed by atoms with Gasteiger partial charge < -0.3 is 15.5 Å². The lowest BCUT2D eigenvalue weighted by Gasteiger charge is -2.19. The Morgan fingerprint density at radius 1 is 0.938 bits per heavy atom. The largest absolute Gasteiger partial charge is 0.331 e. The zero-order chi connectivity index (χ0) is 22.3. The van der Waals surface area contributed by atoms with Gasteiger partial charge in [0.25, 0.3) is 5.91 Å². The number of anilines is 1. The smallest absolute Gasteiger partial charge is 0.287 e. The van der Waals surface area contributed by atoms with Crippen LogP contribution in [0.2, 0.25) is 0 Å². The third-order valence-electron chi connectivity index (χ3n) is 6.54. The van der Waals surface area contributed by atoms with Gasteiger partial charge in [0.1, 0.15) is 13.1 Å². The number of aryl methyl sites for hydroxylation is 2. The molecule has 1 saturated heterocycles. The molecular formula is C28H35N3O+2. The summed E-state index contributed by atoms with van der Waals surface area (Å²) in [7, 11) is 0. The first-order chi connectivity index (χ1) is 15.6. The molecule has 1 aliphatic rings. The molecule has 4 N–H and O–H groups in total. The molecule has 4 nitrogen and oxygen atoms in total. The molecule has 166 valence electrons. The van der Waals surface area contributed by atoms with Crippen molar-refractivity contribution in [3.8, 4) is 0 Å². The van der Waals surface area contributed by atoms with Crippen molar-refractivity contribution in [1.82, 2.24) is 0 Å². The second kappa shape index (κ2) is 10.6. The number of carbonyl (C=O) groups excluding carboxylic acids is 1. The van der Waals surface area contributed by atoms with Crippen LogP contribution in [0.5, 0.6) is 0 Å². The number of quaternary nitrogens is 2. The lowest BCUT2D eigenvalue weighted by atomic mass is 10.0. The van der Waals surface area contributed by atoms with E-state index >= 15 is 0 Å². The first-order valence-electron chi connectivity index (χ1n) is 11.8. The Bertz CT molecular complexity index is 1040. The Kier molecular flexibility index (Phi) is 7.35. The van der Waals surface area contributed by atoms with Crippen LogP contribution in [0.25, 0.3) is 0 Å². The van der Waals surface area contributed by atoms with E-state index in [1.54, 1.807) is 4.90 Å². The van der Waals surface area contributed by atoms with E-state index in [9.17, 15) is 4.79 Å². The minimum atomic E-state index is -0.302. The average Bonchev–Trinajstić information content (AvgIpc) is 3.31. The standard InChI is InChI=1S/C28H33N3O/c1-21-14-15-22(2)26(18-21)30-28(32)27(23-10-4-3-5-11-23)29-19-24-12-6-7-13-25(24)20-31-16-8-9-17-31/h3-7,10-15,18,27,29H,8-9,16-17,19-20H2,1-2H3,(H,30,32)/p+2/t27-/m0/s1. The lowest BCUT2D eigenvalue weighted by Crippen LogP contribution is -3.08. The fraction of sp³-hybridized carbons (Fsp3) is 0.321. The fourth-order valence-electron chi connectivity index (χ4n) is 4.63. The number of benzene rings is 3. The zero-order valence-electron chi connectivity index (χ0n) is 19.2. The molecule has 0 aromatic heterocycles. The van der Waals surface area contributed by atoms with Crippen LogP contribution >= 0.6 is 0 Å². The second-order valence-corrected chi connectivity index (χ2v) is 9.04. The van der Waals surface area contributed by atoms with Gasteiger partial charge in [0.15, 0.2) is 6.04 Å². The van der Waals surface area contributed by atoms with Crippen molar-refractivity contribution < 1.29 is 15.0 Å². The van der Waals surface area contributed by atoms with Gasteiger partial charge in [-0.25, -0.2) is 0 Å². The maximum Gasteiger partial charge on any atom is 0.287 e. The Hall–Kier alpha value is -2.95. The summed E-state index contributed by atoms with van der Waals surface area (Å²) in [6.45, 7) is 8.48. The van der Waals surface area contributed by atoms with Crippen molar-refractivity contribution in [1.29, 1.82) is 0 Å². The molecule has 1 fully saturated rings. The second-order valence-electron chi connectivity index (χ2n) is 9.04. The Morgan fingerprint density at radius 3 is 2.38 bits per heavy atom. The number of nitrogens with one attached hydrogen (secondary N) is 2. The zero-order valence-corrected chi connectivity index (χ0v) is 19.2. The van der Waals surface area contributed by atoms with E-state index in [4.69, 9.17) is 0 Å². The molecule has 0 spiro atoms. The van der Waals surface area contributed by atoms with Crippen molar-refractivity contribution in [2.75, 3.05) is 18.4 Å². The average molecular weight is 430 g/mol. The quantitative estimate of drug-likeness (QED) is 0.507. The van der Waals surface area contributed by atoms with E-state index in [2.05, 4.69) is 54.0 Å². The molecule has 4 heteroatoms. The predicted molar refractivity (Wildman–Crippen MR) is 129 cm³/mol. The summed E-state index contributed by atoms with van der Waals surface area (Å²) in [5, 5.41) is 5.36. The third-order valence-corrected chi connectivity index (χ3v) is 6.54. The molecule has 3 aromatic carbocycles. The topological polar surface area (TPSA) is 50.1 Å². The molecule has 32 heavy (non-hydrogen) atoms. The van der Waals surface area contributed by atoms with E-state index < -0.39 is 0 Å². The molecule has 0 saturated carbocycles. The normalized spacial score (nSPS) is 14.9. The Labute approximate surface area is 191 Å². The highest BCUT2D eigenvalue weighted by atomic mass is 16.2. The predicted octanol–water partition coefficient (Wildman–Crippen LogP) is 2.93. The molecule has 1 atom stereocenters. The van der Waals surface area contributed by atoms with E-state index in [1.165, 1.54) is 37.1 Å². The van der Waals surface area contributed by atoms with Crippen LogP contribution in [0.3, 0.4) is 0 Å². The van der Waals surface area contributed by atoms with Crippen molar-refractivity contribution in [2.24, 2.45) is 0 Å². The molecular weight excluding hydrogens is 394 g/mol. The molecule has 0 unspecified atom stereocenters. The van der Waals surface area contributed by atoms with Crippen LogP contribution in [0.4, 0.5) is 5.69 Å². The summed E-state index contributed by atoms with van der Waals surface area (Å²) in [5.74, 6) is 0.0209. The van der Waals surface area contributed by atoms with Crippen LogP contribution in [0.1, 0.15) is 46.7 Å². The summed E-state index contributed by atoms with van der Waals surface area (Å²) in [6, 6.07) is 24.7. The van der Waals surface area contributed by atoms with Gasteiger partial charge in [0.2, 0.25) is 0 Å². The number of hydrogen-bond acceptors (Lipinski definition) is 1. The van der Waals surface area contributed by atoms with E-state index in [1.807, 2.05) is 43.3 Å². The molecule has 0 radical (unpaired) electrons. The molecule has 0 bridgehead atoms. The third kappa shape index (κ3) is 5.64. The highest BCUT2D eigenvalue weighted by Gasteiger charge is 2.25. The maximum absolute atomic E-state index is 13.4. The van der Waals surface area contributed by atoms with Gasteiger partial charge in [0.05, 0.1) is 13.1 Å². The van der Waals surface area contributed by atoms with Crippen molar-refractivity contribution in [2.45, 2.75) is 45.8 Å². The minimum absolute atomic E-state index is 0.0209. The number of likely N-dealkylation sites (tertiary alicyclic amines) is 1. The van der Waals surface area contributed by atoms with Gasteiger partial charge in [-0.05, 0) is 31.0 Å². The number of amides is 1. The highest BCUT2D eigenvalue weighted by Crippen LogP contribution is 2.19. The molecule has 0 aliphatic carbocycles. The number of hydrogen-bond donors (Lipinski definition) is 3. The first kappa shape index (κ1) is 22.3. The van der Waals surface area contributed by atoms with Gasteiger partial charge in [-0.3, -0.25) is 4.79 Å². The van der Waals surface area contributed by atoms with Gasteiger partial charge in [-0.1, -0.05) is 66.7 Å². The maximum atomic E-state index is 13.4. The van der Waals surface area contributed by atoms with Crippen LogP contribution < -0.4 is 15.5 Å². The first-order valence-corrected chi connectivity index (χ1v) is 11.8. The Morgan fingerprint density at radius 2 is 1.62 bits per heavy atom. The molecule has 3 aromatic rings. The summed E-state index contributed by atoms with van der Waals surface area (Å²) < 4.78 is 0. The van der Waals surface area contributed by atoms with Crippen molar-refractivity contribution in [3.05, 3.63) is 101 Å². The molecule has 1 amide bonds. The van der Waals surface area contributed by atoms with Crippen LogP contribution in [-0.4, -0.2) is 19.0 Å². The molecule has 1 aliphatic heterocycles. The Balaban J connectivity index is 1.52. The molecule has 4 rings (SSSR count). The monoisotopic (exact) mass is 429 g/mol. The minimum Gasteiger partial charge on any atom is -0.331 e. The summed E-state index contributed by atoms with van der Waals surface area (Å²) >= 11 is 0. The highest BCUT2D eigenvalue weighted by molar-refractivity contribution is 5.95.